The number of benzene rings is 2. The fourth-order valence-corrected chi connectivity index (χ4v) is 3.15. The molecule has 0 spiro atoms. The van der Waals surface area contributed by atoms with Gasteiger partial charge in [0.25, 0.3) is 0 Å². The summed E-state index contributed by atoms with van der Waals surface area (Å²) in [5.41, 5.74) is 2.20. The van der Waals surface area contributed by atoms with Crippen LogP contribution in [-0.4, -0.2) is 25.7 Å². The first-order valence-electron chi connectivity index (χ1n) is 9.91. The van der Waals surface area contributed by atoms with Gasteiger partial charge in [-0.2, -0.15) is 0 Å². The number of aryl methyl sites for hydroxylation is 1. The second-order valence-corrected chi connectivity index (χ2v) is 7.46. The maximum absolute atomic E-state index is 12.5. The van der Waals surface area contributed by atoms with Gasteiger partial charge in [-0.15, -0.1) is 0 Å². The predicted octanol–water partition coefficient (Wildman–Crippen LogP) is 4.44. The molecule has 1 atom stereocenters. The highest BCUT2D eigenvalue weighted by Gasteiger charge is 2.21. The van der Waals surface area contributed by atoms with Gasteiger partial charge in [0.05, 0.1) is 32.3 Å². The molecule has 150 valence electrons. The zero-order valence-electron chi connectivity index (χ0n) is 16.9. The molecule has 1 aliphatic rings. The Morgan fingerprint density at radius 3 is 2.50 bits per heavy atom. The lowest BCUT2D eigenvalue weighted by atomic mass is 9.95. The molecule has 1 unspecified atom stereocenters. The second-order valence-electron chi connectivity index (χ2n) is 7.46. The third-order valence-electron chi connectivity index (χ3n) is 4.73. The fourth-order valence-electron chi connectivity index (χ4n) is 3.15. The molecule has 2 aromatic carbocycles. The van der Waals surface area contributed by atoms with Gasteiger partial charge in [-0.25, -0.2) is 0 Å². The van der Waals surface area contributed by atoms with Gasteiger partial charge in [0.1, 0.15) is 5.75 Å². The first-order chi connectivity index (χ1) is 13.5. The molecule has 1 heterocycles. The SMILES string of the molecule is Cc1ccc(OCCC(=O)NC(c2ccc3c(c2)OCCCO3)C(C)C)cc1. The standard InChI is InChI=1S/C23H29NO4/c1-16(2)23(18-7-10-20-21(15-18)28-13-4-12-27-20)24-22(25)11-14-26-19-8-5-17(3)6-9-19/h5-10,15-16,23H,4,11-14H2,1-3H3,(H,24,25). The number of amides is 1. The third-order valence-corrected chi connectivity index (χ3v) is 4.73. The average molecular weight is 383 g/mol. The van der Waals surface area contributed by atoms with E-state index in [4.69, 9.17) is 14.2 Å². The number of hydrogen-bond donors (Lipinski definition) is 1. The van der Waals surface area contributed by atoms with Gasteiger partial charge >= 0.3 is 0 Å². The van der Waals surface area contributed by atoms with Crippen molar-refractivity contribution in [2.75, 3.05) is 19.8 Å². The molecule has 3 rings (SSSR count). The number of rotatable bonds is 7. The van der Waals surface area contributed by atoms with Crippen molar-refractivity contribution in [2.24, 2.45) is 5.92 Å². The second kappa shape index (κ2) is 9.49. The molecule has 5 heteroatoms. The Balaban J connectivity index is 1.58. The summed E-state index contributed by atoms with van der Waals surface area (Å²) < 4.78 is 17.2. The zero-order valence-corrected chi connectivity index (χ0v) is 16.9. The van der Waals surface area contributed by atoms with E-state index in [0.717, 1.165) is 29.2 Å². The molecule has 0 fully saturated rings. The molecule has 2 aromatic rings. The van der Waals surface area contributed by atoms with Crippen LogP contribution >= 0.6 is 0 Å². The highest BCUT2D eigenvalue weighted by Crippen LogP contribution is 2.34. The Labute approximate surface area is 167 Å². The number of carbonyl (C=O) groups is 1. The lowest BCUT2D eigenvalue weighted by Gasteiger charge is -2.24. The van der Waals surface area contributed by atoms with Crippen molar-refractivity contribution >= 4 is 5.91 Å². The Hall–Kier alpha value is -2.69. The lowest BCUT2D eigenvalue weighted by Crippen LogP contribution is -2.32. The molecule has 0 aliphatic carbocycles. The van der Waals surface area contributed by atoms with Crippen LogP contribution in [-0.2, 0) is 4.79 Å². The Kier molecular flexibility index (Phi) is 6.80. The highest BCUT2D eigenvalue weighted by molar-refractivity contribution is 5.76. The predicted molar refractivity (Wildman–Crippen MR) is 109 cm³/mol. The largest absolute Gasteiger partial charge is 0.493 e. The summed E-state index contributed by atoms with van der Waals surface area (Å²) >= 11 is 0. The number of carbonyl (C=O) groups excluding carboxylic acids is 1. The van der Waals surface area contributed by atoms with E-state index in [-0.39, 0.29) is 17.9 Å². The van der Waals surface area contributed by atoms with Crippen molar-refractivity contribution in [1.82, 2.24) is 5.32 Å². The van der Waals surface area contributed by atoms with Crippen LogP contribution in [0.15, 0.2) is 42.5 Å². The normalized spacial score (nSPS) is 14.3. The Bertz CT molecular complexity index is 786. The van der Waals surface area contributed by atoms with Crippen molar-refractivity contribution in [3.8, 4) is 17.2 Å². The van der Waals surface area contributed by atoms with Crippen molar-refractivity contribution in [3.05, 3.63) is 53.6 Å². The molecule has 1 aliphatic heterocycles. The molecular weight excluding hydrogens is 354 g/mol. The van der Waals surface area contributed by atoms with Crippen LogP contribution in [0.2, 0.25) is 0 Å². The molecule has 0 aromatic heterocycles. The average Bonchev–Trinajstić information content (AvgIpc) is 2.92. The summed E-state index contributed by atoms with van der Waals surface area (Å²) in [6.07, 6.45) is 1.18. The van der Waals surface area contributed by atoms with E-state index in [1.807, 2.05) is 49.4 Å². The number of hydrogen-bond acceptors (Lipinski definition) is 4. The smallest absolute Gasteiger partial charge is 0.223 e. The first-order valence-corrected chi connectivity index (χ1v) is 9.91. The first kappa shape index (κ1) is 20.1. The van der Waals surface area contributed by atoms with Crippen LogP contribution in [0.25, 0.3) is 0 Å². The molecule has 0 saturated heterocycles. The summed E-state index contributed by atoms with van der Waals surface area (Å²) in [4.78, 5) is 12.5. The molecule has 0 bridgehead atoms. The molecule has 0 saturated carbocycles. The fraction of sp³-hybridized carbons (Fsp3) is 0.435. The summed E-state index contributed by atoms with van der Waals surface area (Å²) in [6, 6.07) is 13.6. The van der Waals surface area contributed by atoms with Gasteiger partial charge in [-0.1, -0.05) is 37.6 Å². The van der Waals surface area contributed by atoms with Crippen molar-refractivity contribution in [1.29, 1.82) is 0 Å². The van der Waals surface area contributed by atoms with Crippen LogP contribution in [0.4, 0.5) is 0 Å². The van der Waals surface area contributed by atoms with E-state index in [1.165, 1.54) is 5.56 Å². The van der Waals surface area contributed by atoms with E-state index in [9.17, 15) is 4.79 Å². The molecule has 5 nitrogen and oxygen atoms in total. The summed E-state index contributed by atoms with van der Waals surface area (Å²) in [5, 5.41) is 3.14. The van der Waals surface area contributed by atoms with Gasteiger partial charge in [0.2, 0.25) is 5.91 Å². The summed E-state index contributed by atoms with van der Waals surface area (Å²) in [5.74, 6) is 2.51. The van der Waals surface area contributed by atoms with Gasteiger partial charge in [0.15, 0.2) is 11.5 Å². The van der Waals surface area contributed by atoms with E-state index in [2.05, 4.69) is 19.2 Å². The minimum absolute atomic E-state index is 0.0297. The highest BCUT2D eigenvalue weighted by atomic mass is 16.5. The van der Waals surface area contributed by atoms with E-state index in [0.29, 0.717) is 26.2 Å². The third kappa shape index (κ3) is 5.41. The minimum atomic E-state index is -0.0935. The van der Waals surface area contributed by atoms with E-state index in [1.54, 1.807) is 0 Å². The number of ether oxygens (including phenoxy) is 3. The summed E-state index contributed by atoms with van der Waals surface area (Å²) in [7, 11) is 0. The molecule has 0 radical (unpaired) electrons. The quantitative estimate of drug-likeness (QED) is 0.768. The monoisotopic (exact) mass is 383 g/mol. The molecule has 1 amide bonds. The molecule has 28 heavy (non-hydrogen) atoms. The lowest BCUT2D eigenvalue weighted by molar-refractivity contribution is -0.122. The van der Waals surface area contributed by atoms with Crippen LogP contribution in [0.3, 0.4) is 0 Å². The Morgan fingerprint density at radius 2 is 1.79 bits per heavy atom. The molecule has 1 N–H and O–H groups in total. The zero-order chi connectivity index (χ0) is 19.9. The van der Waals surface area contributed by atoms with Gasteiger partial charge in [-0.3, -0.25) is 4.79 Å². The van der Waals surface area contributed by atoms with Crippen LogP contribution in [0.1, 0.15) is 43.9 Å². The molecular formula is C23H29NO4. The maximum Gasteiger partial charge on any atom is 0.223 e. The minimum Gasteiger partial charge on any atom is -0.493 e. The maximum atomic E-state index is 12.5. The van der Waals surface area contributed by atoms with Gasteiger partial charge < -0.3 is 19.5 Å². The van der Waals surface area contributed by atoms with Crippen LogP contribution in [0.5, 0.6) is 17.2 Å². The van der Waals surface area contributed by atoms with Gasteiger partial charge in [0, 0.05) is 6.42 Å². The van der Waals surface area contributed by atoms with E-state index >= 15 is 0 Å². The number of fused-ring (bicyclic) bond motifs is 1. The van der Waals surface area contributed by atoms with Crippen molar-refractivity contribution < 1.29 is 19.0 Å². The Morgan fingerprint density at radius 1 is 1.07 bits per heavy atom. The van der Waals surface area contributed by atoms with Crippen molar-refractivity contribution in [3.63, 3.8) is 0 Å². The van der Waals surface area contributed by atoms with Crippen LogP contribution < -0.4 is 19.5 Å². The van der Waals surface area contributed by atoms with Gasteiger partial charge in [-0.05, 0) is 42.7 Å². The summed E-state index contributed by atoms with van der Waals surface area (Å²) in [6.45, 7) is 7.88. The van der Waals surface area contributed by atoms with Crippen molar-refractivity contribution in [2.45, 2.75) is 39.7 Å². The van der Waals surface area contributed by atoms with Crippen LogP contribution in [0, 0.1) is 12.8 Å². The topological polar surface area (TPSA) is 56.8 Å². The number of nitrogens with one attached hydrogen (secondary N) is 1. The van der Waals surface area contributed by atoms with E-state index < -0.39 is 0 Å².